The van der Waals surface area contributed by atoms with Crippen molar-refractivity contribution in [2.24, 2.45) is 0 Å². The first-order chi connectivity index (χ1) is 33.7. The first kappa shape index (κ1) is 39.4. The van der Waals surface area contributed by atoms with Gasteiger partial charge >= 0.3 is 0 Å². The van der Waals surface area contributed by atoms with E-state index in [1.807, 2.05) is 0 Å². The number of nitrogens with zero attached hydrogens (tertiary/aromatic N) is 2. The number of hydrogen-bond acceptors (Lipinski definition) is 1. The summed E-state index contributed by atoms with van der Waals surface area (Å²) >= 11 is 0. The van der Waals surface area contributed by atoms with E-state index >= 15 is 0 Å². The molecule has 12 aromatic carbocycles. The normalized spacial score (nSPS) is 11.5. The van der Waals surface area contributed by atoms with Gasteiger partial charge in [0.25, 0.3) is 0 Å². The second-order valence-electron chi connectivity index (χ2n) is 17.7. The van der Waals surface area contributed by atoms with E-state index in [0.29, 0.717) is 0 Å². The zero-order chi connectivity index (χ0) is 45.0. The van der Waals surface area contributed by atoms with Crippen LogP contribution >= 0.6 is 0 Å². The van der Waals surface area contributed by atoms with Crippen molar-refractivity contribution >= 4 is 71.2 Å². The van der Waals surface area contributed by atoms with Gasteiger partial charge in [0.2, 0.25) is 0 Å². The van der Waals surface area contributed by atoms with Crippen LogP contribution in [0.15, 0.2) is 267 Å². The predicted molar refractivity (Wildman–Crippen MR) is 290 cm³/mol. The van der Waals surface area contributed by atoms with Gasteiger partial charge in [-0.05, 0) is 127 Å². The lowest BCUT2D eigenvalue weighted by Crippen LogP contribution is -2.11. The van der Waals surface area contributed by atoms with Crippen LogP contribution in [0.25, 0.3) is 104 Å². The molecule has 0 bridgehead atoms. The summed E-state index contributed by atoms with van der Waals surface area (Å²) in [6.07, 6.45) is 0. The number of benzene rings is 12. The van der Waals surface area contributed by atoms with Crippen molar-refractivity contribution in [3.8, 4) is 50.2 Å². The van der Waals surface area contributed by atoms with E-state index in [2.05, 4.69) is 276 Å². The predicted octanol–water partition coefficient (Wildman–Crippen LogP) is 18.4. The fourth-order valence-electron chi connectivity index (χ4n) is 10.5. The number of fused-ring (bicyclic) bond motifs is 6. The molecule has 1 aromatic heterocycles. The molecule has 68 heavy (non-hydrogen) atoms. The van der Waals surface area contributed by atoms with Crippen LogP contribution in [0.3, 0.4) is 0 Å². The Morgan fingerprint density at radius 1 is 0.250 bits per heavy atom. The molecule has 0 saturated carbocycles. The van der Waals surface area contributed by atoms with Crippen molar-refractivity contribution in [2.45, 2.75) is 0 Å². The van der Waals surface area contributed by atoms with Crippen molar-refractivity contribution in [3.05, 3.63) is 267 Å². The Labute approximate surface area is 395 Å². The van der Waals surface area contributed by atoms with E-state index in [0.717, 1.165) is 33.8 Å². The molecule has 0 saturated heterocycles. The van der Waals surface area contributed by atoms with E-state index in [-0.39, 0.29) is 0 Å². The van der Waals surface area contributed by atoms with Gasteiger partial charge in [-0.2, -0.15) is 0 Å². The highest BCUT2D eigenvalue weighted by molar-refractivity contribution is 6.15. The van der Waals surface area contributed by atoms with Crippen LogP contribution in [0.4, 0.5) is 17.1 Å². The summed E-state index contributed by atoms with van der Waals surface area (Å²) in [5.74, 6) is 0. The molecule has 0 atom stereocenters. The second kappa shape index (κ2) is 16.5. The van der Waals surface area contributed by atoms with Crippen LogP contribution in [0.1, 0.15) is 0 Å². The van der Waals surface area contributed by atoms with Gasteiger partial charge in [-0.25, -0.2) is 0 Å². The first-order valence-electron chi connectivity index (χ1n) is 23.4. The molecule has 0 aliphatic heterocycles. The Balaban J connectivity index is 1.00. The fourth-order valence-corrected chi connectivity index (χ4v) is 10.5. The van der Waals surface area contributed by atoms with Crippen molar-refractivity contribution in [3.63, 3.8) is 0 Å². The smallest absolute Gasteiger partial charge is 0.0547 e. The van der Waals surface area contributed by atoms with E-state index in [9.17, 15) is 0 Å². The Morgan fingerprint density at radius 3 is 1.60 bits per heavy atom. The summed E-state index contributed by atoms with van der Waals surface area (Å²) in [5, 5.41) is 9.89. The third-order valence-corrected chi connectivity index (χ3v) is 13.8. The van der Waals surface area contributed by atoms with Gasteiger partial charge < -0.3 is 9.47 Å². The van der Waals surface area contributed by atoms with Gasteiger partial charge in [0, 0.05) is 33.1 Å². The van der Waals surface area contributed by atoms with Crippen LogP contribution in [-0.2, 0) is 0 Å². The molecule has 0 N–H and O–H groups in total. The molecule has 2 nitrogen and oxygen atoms in total. The minimum atomic E-state index is 1.08. The van der Waals surface area contributed by atoms with Gasteiger partial charge in [-0.3, -0.25) is 0 Å². The molecule has 0 spiro atoms. The highest BCUT2D eigenvalue weighted by atomic mass is 15.1. The Morgan fingerprint density at radius 2 is 0.809 bits per heavy atom. The third kappa shape index (κ3) is 6.73. The van der Waals surface area contributed by atoms with E-state index < -0.39 is 0 Å². The quantitative estimate of drug-likeness (QED) is 0.148. The summed E-state index contributed by atoms with van der Waals surface area (Å²) in [6.45, 7) is 0. The monoisotopic (exact) mass is 864 g/mol. The molecular weight excluding hydrogens is 821 g/mol. The first-order valence-corrected chi connectivity index (χ1v) is 23.4. The maximum Gasteiger partial charge on any atom is 0.0547 e. The molecule has 318 valence electrons. The van der Waals surface area contributed by atoms with Gasteiger partial charge in [0.05, 0.1) is 22.4 Å². The number of rotatable bonds is 8. The number of para-hydroxylation sites is 1. The van der Waals surface area contributed by atoms with Gasteiger partial charge in [-0.15, -0.1) is 0 Å². The van der Waals surface area contributed by atoms with Crippen LogP contribution in [0, 0.1) is 0 Å². The molecule has 0 unspecified atom stereocenters. The highest BCUT2D eigenvalue weighted by Crippen LogP contribution is 2.46. The van der Waals surface area contributed by atoms with Crippen LogP contribution in [0.5, 0.6) is 0 Å². The number of aromatic nitrogens is 1. The van der Waals surface area contributed by atoms with Crippen LogP contribution < -0.4 is 4.90 Å². The molecule has 0 radical (unpaired) electrons. The van der Waals surface area contributed by atoms with Crippen LogP contribution in [0.2, 0.25) is 0 Å². The zero-order valence-electron chi connectivity index (χ0n) is 37.3. The minimum absolute atomic E-state index is 1.08. The lowest BCUT2D eigenvalue weighted by atomic mass is 9.92. The summed E-state index contributed by atoms with van der Waals surface area (Å²) < 4.78 is 2.47. The molecule has 0 amide bonds. The standard InChI is InChI=1S/C66H44N2/c1-3-17-45(18-4-1)46-33-36-53(37-34-46)67(54-26-15-25-51(41-54)56-31-16-24-47-21-9-10-27-55(47)56)65-39-35-52(43-61(65)48-19-5-2-6-20-48)57-38-40-64(59-29-12-11-28-58(57)59)68-63-32-14-13-30-60(63)62-42-49-22-7-8-23-50(49)44-66(62)68/h1-44H. The van der Waals surface area contributed by atoms with Crippen LogP contribution in [-0.4, -0.2) is 4.57 Å². The molecule has 2 heteroatoms. The van der Waals surface area contributed by atoms with E-state index in [1.165, 1.54) is 87.6 Å². The highest BCUT2D eigenvalue weighted by Gasteiger charge is 2.22. The fraction of sp³-hybridized carbons (Fsp3) is 0. The van der Waals surface area contributed by atoms with Gasteiger partial charge in [0.1, 0.15) is 0 Å². The molecule has 0 aliphatic rings. The summed E-state index contributed by atoms with van der Waals surface area (Å²) in [4.78, 5) is 2.43. The minimum Gasteiger partial charge on any atom is -0.310 e. The van der Waals surface area contributed by atoms with E-state index in [1.54, 1.807) is 0 Å². The molecule has 0 aliphatic carbocycles. The lowest BCUT2D eigenvalue weighted by Gasteiger charge is -2.29. The lowest BCUT2D eigenvalue weighted by molar-refractivity contribution is 1.20. The third-order valence-electron chi connectivity index (χ3n) is 13.8. The SMILES string of the molecule is c1ccc(-c2ccc(N(c3cccc(-c4cccc5ccccc45)c3)c3ccc(-c4ccc(-n5c6ccccc6c6cc7ccccc7cc65)c5ccccc45)cc3-c3ccccc3)cc2)cc1. The molecule has 0 fully saturated rings. The molecular formula is C66H44N2. The van der Waals surface area contributed by atoms with Crippen molar-refractivity contribution in [1.29, 1.82) is 0 Å². The van der Waals surface area contributed by atoms with Crippen molar-refractivity contribution < 1.29 is 0 Å². The summed E-state index contributed by atoms with van der Waals surface area (Å²) in [7, 11) is 0. The van der Waals surface area contributed by atoms with Crippen molar-refractivity contribution in [1.82, 2.24) is 4.57 Å². The number of anilines is 3. The van der Waals surface area contributed by atoms with E-state index in [4.69, 9.17) is 0 Å². The Bertz CT molecular complexity index is 4010. The Kier molecular flexibility index (Phi) is 9.54. The maximum absolute atomic E-state index is 2.47. The number of hydrogen-bond donors (Lipinski definition) is 0. The molecule has 1 heterocycles. The van der Waals surface area contributed by atoms with Crippen molar-refractivity contribution in [2.75, 3.05) is 4.90 Å². The largest absolute Gasteiger partial charge is 0.310 e. The molecule has 13 rings (SSSR count). The zero-order valence-corrected chi connectivity index (χ0v) is 37.3. The second-order valence-corrected chi connectivity index (χ2v) is 17.7. The average molecular weight is 865 g/mol. The van der Waals surface area contributed by atoms with Gasteiger partial charge in [0.15, 0.2) is 0 Å². The average Bonchev–Trinajstić information content (AvgIpc) is 3.73. The van der Waals surface area contributed by atoms with Gasteiger partial charge in [-0.1, -0.05) is 206 Å². The molecule has 13 aromatic rings. The topological polar surface area (TPSA) is 8.17 Å². The maximum atomic E-state index is 2.47. The summed E-state index contributed by atoms with van der Waals surface area (Å²) in [6, 6.07) is 97.6. The Hall–Kier alpha value is -8.98. The summed E-state index contributed by atoms with van der Waals surface area (Å²) in [5.41, 5.74) is 16.3.